The summed E-state index contributed by atoms with van der Waals surface area (Å²) in [6.07, 6.45) is 10.3. The number of carbonyl (C=O) groups is 1. The van der Waals surface area contributed by atoms with E-state index in [1.54, 1.807) is 6.92 Å². The van der Waals surface area contributed by atoms with Crippen LogP contribution in [0.2, 0.25) is 0 Å². The Morgan fingerprint density at radius 2 is 2.08 bits per heavy atom. The highest BCUT2D eigenvalue weighted by molar-refractivity contribution is 5.88. The van der Waals surface area contributed by atoms with Crippen molar-refractivity contribution in [1.82, 2.24) is 10.3 Å². The number of unbranched alkanes of at least 4 members (excludes halogenated alkanes) is 3. The van der Waals surface area contributed by atoms with Crippen LogP contribution < -0.4 is 10.1 Å². The molecule has 1 atom stereocenters. The van der Waals surface area contributed by atoms with E-state index in [0.717, 1.165) is 35.2 Å². The molecule has 5 heteroatoms. The molecule has 1 aromatic heterocycles. The van der Waals surface area contributed by atoms with E-state index >= 15 is 0 Å². The molecule has 0 bridgehead atoms. The Morgan fingerprint density at radius 1 is 1.27 bits per heavy atom. The summed E-state index contributed by atoms with van der Waals surface area (Å²) in [7, 11) is 0. The lowest BCUT2D eigenvalue weighted by Gasteiger charge is -2.15. The highest BCUT2D eigenvalue weighted by Crippen LogP contribution is 2.31. The number of benzene rings is 1. The molecule has 0 amide bonds. The van der Waals surface area contributed by atoms with Crippen molar-refractivity contribution in [3.05, 3.63) is 30.0 Å². The molecule has 5 nitrogen and oxygen atoms in total. The Hall–Kier alpha value is -2.61. The minimum absolute atomic E-state index is 0.315. The van der Waals surface area contributed by atoms with Gasteiger partial charge in [-0.15, -0.1) is 0 Å². The average molecular weight is 356 g/mol. The van der Waals surface area contributed by atoms with Crippen molar-refractivity contribution in [3.8, 4) is 18.2 Å². The van der Waals surface area contributed by atoms with E-state index in [2.05, 4.69) is 23.3 Å². The summed E-state index contributed by atoms with van der Waals surface area (Å²) in [5, 5.41) is 3.76. The summed E-state index contributed by atoms with van der Waals surface area (Å²) < 4.78 is 11.2. The second kappa shape index (κ2) is 10.4. The minimum atomic E-state index is -0.615. The van der Waals surface area contributed by atoms with Gasteiger partial charge in [-0.2, -0.15) is 0 Å². The normalized spacial score (nSPS) is 11.7. The third kappa shape index (κ3) is 5.19. The van der Waals surface area contributed by atoms with E-state index in [1.165, 1.54) is 12.8 Å². The highest BCUT2D eigenvalue weighted by atomic mass is 16.5. The number of carbonyl (C=O) groups excluding carboxylic acids is 1. The standard InChI is InChI=1S/C21H28N2O3/c1-4-7-8-11-14-26-20-16-12-9-10-13-17(16)23-18(20)15-19(22-5-2)21(24)25-6-3/h2,9-10,12-13,19,22-23H,4,6-8,11,14-15H2,1,3H3. The Labute approximate surface area is 155 Å². The van der Waals surface area contributed by atoms with Crippen molar-refractivity contribution >= 4 is 16.9 Å². The van der Waals surface area contributed by atoms with Crippen molar-refractivity contribution in [2.45, 2.75) is 52.0 Å². The molecule has 0 saturated carbocycles. The summed E-state index contributed by atoms with van der Waals surface area (Å²) in [5.74, 6) is 0.434. The first kappa shape index (κ1) is 19.7. The predicted molar refractivity (Wildman–Crippen MR) is 104 cm³/mol. The number of rotatable bonds is 11. The number of hydrogen-bond acceptors (Lipinski definition) is 4. The summed E-state index contributed by atoms with van der Waals surface area (Å²) in [5.41, 5.74) is 1.83. The van der Waals surface area contributed by atoms with Crippen molar-refractivity contribution < 1.29 is 14.3 Å². The number of aromatic amines is 1. The van der Waals surface area contributed by atoms with Gasteiger partial charge in [0.05, 0.1) is 18.9 Å². The number of esters is 1. The molecule has 0 spiro atoms. The van der Waals surface area contributed by atoms with Gasteiger partial charge in [0, 0.05) is 23.4 Å². The summed E-state index contributed by atoms with van der Waals surface area (Å²) in [6, 6.07) is 9.69. The van der Waals surface area contributed by atoms with Crippen molar-refractivity contribution in [2.24, 2.45) is 0 Å². The van der Waals surface area contributed by atoms with E-state index in [4.69, 9.17) is 15.9 Å². The summed E-state index contributed by atoms with van der Waals surface area (Å²) in [4.78, 5) is 15.5. The van der Waals surface area contributed by atoms with Gasteiger partial charge in [-0.25, -0.2) is 4.79 Å². The molecular weight excluding hydrogens is 328 g/mol. The van der Waals surface area contributed by atoms with Crippen LogP contribution in [0.25, 0.3) is 10.9 Å². The van der Waals surface area contributed by atoms with Gasteiger partial charge < -0.3 is 19.8 Å². The van der Waals surface area contributed by atoms with Gasteiger partial charge in [-0.1, -0.05) is 44.7 Å². The third-order valence-electron chi connectivity index (χ3n) is 4.21. The maximum atomic E-state index is 12.2. The Morgan fingerprint density at radius 3 is 2.81 bits per heavy atom. The van der Waals surface area contributed by atoms with E-state index in [-0.39, 0.29) is 5.97 Å². The largest absolute Gasteiger partial charge is 0.491 e. The fourth-order valence-corrected chi connectivity index (χ4v) is 2.92. The van der Waals surface area contributed by atoms with E-state index in [1.807, 2.05) is 24.3 Å². The molecule has 2 rings (SSSR count). The van der Waals surface area contributed by atoms with Gasteiger partial charge in [0.25, 0.3) is 0 Å². The minimum Gasteiger partial charge on any atom is -0.491 e. The fourth-order valence-electron chi connectivity index (χ4n) is 2.92. The van der Waals surface area contributed by atoms with E-state index < -0.39 is 6.04 Å². The first-order valence-corrected chi connectivity index (χ1v) is 9.31. The van der Waals surface area contributed by atoms with Gasteiger partial charge in [0.2, 0.25) is 0 Å². The molecule has 140 valence electrons. The van der Waals surface area contributed by atoms with Gasteiger partial charge in [-0.05, 0) is 25.5 Å². The van der Waals surface area contributed by atoms with Crippen LogP contribution in [0.4, 0.5) is 0 Å². The number of terminal acetylenes is 1. The zero-order valence-corrected chi connectivity index (χ0v) is 15.6. The summed E-state index contributed by atoms with van der Waals surface area (Å²) >= 11 is 0. The summed E-state index contributed by atoms with van der Waals surface area (Å²) in [6.45, 7) is 4.93. The molecule has 2 N–H and O–H groups in total. The average Bonchev–Trinajstić information content (AvgIpc) is 2.99. The van der Waals surface area contributed by atoms with E-state index in [9.17, 15) is 4.79 Å². The van der Waals surface area contributed by atoms with Crippen LogP contribution in [-0.4, -0.2) is 30.2 Å². The molecule has 0 radical (unpaired) electrons. The molecule has 1 heterocycles. The molecule has 1 unspecified atom stereocenters. The topological polar surface area (TPSA) is 63.3 Å². The Balaban J connectivity index is 2.20. The fraction of sp³-hybridized carbons (Fsp3) is 0.476. The number of H-pyrrole nitrogens is 1. The maximum absolute atomic E-state index is 12.2. The lowest BCUT2D eigenvalue weighted by Crippen LogP contribution is -2.37. The number of aromatic nitrogens is 1. The molecule has 2 aromatic rings. The number of nitrogens with one attached hydrogen (secondary N) is 2. The molecule has 0 saturated heterocycles. The van der Waals surface area contributed by atoms with Gasteiger partial charge >= 0.3 is 5.97 Å². The van der Waals surface area contributed by atoms with Gasteiger partial charge in [0.15, 0.2) is 0 Å². The lowest BCUT2D eigenvalue weighted by atomic mass is 10.1. The van der Waals surface area contributed by atoms with Gasteiger partial charge in [-0.3, -0.25) is 0 Å². The molecule has 0 aliphatic carbocycles. The molecule has 26 heavy (non-hydrogen) atoms. The number of fused-ring (bicyclic) bond motifs is 1. The number of para-hydroxylation sites is 1. The molecule has 1 aromatic carbocycles. The lowest BCUT2D eigenvalue weighted by molar-refractivity contribution is -0.145. The zero-order chi connectivity index (χ0) is 18.8. The third-order valence-corrected chi connectivity index (χ3v) is 4.21. The quantitative estimate of drug-likeness (QED) is 0.278. The van der Waals surface area contributed by atoms with Crippen LogP contribution in [0.5, 0.6) is 5.75 Å². The van der Waals surface area contributed by atoms with Crippen LogP contribution in [-0.2, 0) is 16.0 Å². The second-order valence-corrected chi connectivity index (χ2v) is 6.18. The van der Waals surface area contributed by atoms with Crippen LogP contribution in [0.3, 0.4) is 0 Å². The maximum Gasteiger partial charge on any atom is 0.329 e. The molecule has 0 aliphatic rings. The van der Waals surface area contributed by atoms with Crippen molar-refractivity contribution in [1.29, 1.82) is 0 Å². The number of hydrogen-bond donors (Lipinski definition) is 2. The van der Waals surface area contributed by atoms with Crippen molar-refractivity contribution in [2.75, 3.05) is 13.2 Å². The van der Waals surface area contributed by atoms with Crippen LogP contribution in [0.15, 0.2) is 24.3 Å². The molecule has 0 aliphatic heterocycles. The van der Waals surface area contributed by atoms with Crippen molar-refractivity contribution in [3.63, 3.8) is 0 Å². The van der Waals surface area contributed by atoms with E-state index in [0.29, 0.717) is 19.6 Å². The smallest absolute Gasteiger partial charge is 0.329 e. The molecular formula is C21H28N2O3. The van der Waals surface area contributed by atoms with Crippen LogP contribution in [0.1, 0.15) is 45.2 Å². The Kier molecular flexibility index (Phi) is 7.88. The Bertz CT molecular complexity index is 745. The first-order valence-electron chi connectivity index (χ1n) is 9.31. The zero-order valence-electron chi connectivity index (χ0n) is 15.6. The SMILES string of the molecule is C#CNC(Cc1[nH]c2ccccc2c1OCCCCCC)C(=O)OCC. The van der Waals surface area contributed by atoms with Crippen LogP contribution >= 0.6 is 0 Å². The van der Waals surface area contributed by atoms with Gasteiger partial charge in [0.1, 0.15) is 11.8 Å². The second-order valence-electron chi connectivity index (χ2n) is 6.18. The predicted octanol–water partition coefficient (Wildman–Crippen LogP) is 3.78. The first-order chi connectivity index (χ1) is 12.7. The highest BCUT2D eigenvalue weighted by Gasteiger charge is 2.23. The molecule has 0 fully saturated rings. The monoisotopic (exact) mass is 356 g/mol. The van der Waals surface area contributed by atoms with Crippen LogP contribution in [0, 0.1) is 12.5 Å². The number of ether oxygens (including phenoxy) is 2.